The molecule has 0 radical (unpaired) electrons. The van der Waals surface area contributed by atoms with Crippen LogP contribution in [0, 0.1) is 0 Å². The van der Waals surface area contributed by atoms with Gasteiger partial charge >= 0.3 is 0 Å². The van der Waals surface area contributed by atoms with Gasteiger partial charge in [-0.2, -0.15) is 0 Å². The Morgan fingerprint density at radius 2 is 1.80 bits per heavy atom. The summed E-state index contributed by atoms with van der Waals surface area (Å²) in [5.41, 5.74) is 1.29. The molecule has 0 bridgehead atoms. The van der Waals surface area contributed by atoms with Crippen LogP contribution in [0.2, 0.25) is 0 Å². The molecule has 2 amide bonds. The summed E-state index contributed by atoms with van der Waals surface area (Å²) in [6, 6.07) is 14.4. The first-order valence-corrected chi connectivity index (χ1v) is 7.90. The second-order valence-electron chi connectivity index (χ2n) is 5.37. The number of benzene rings is 2. The van der Waals surface area contributed by atoms with Crippen LogP contribution in [-0.4, -0.2) is 32.6 Å². The molecule has 0 unspecified atom stereocenters. The number of para-hydroxylation sites is 2. The Morgan fingerprint density at radius 1 is 1.04 bits per heavy atom. The van der Waals surface area contributed by atoms with E-state index in [2.05, 4.69) is 5.32 Å². The van der Waals surface area contributed by atoms with Gasteiger partial charge in [-0.05, 0) is 24.3 Å². The van der Waals surface area contributed by atoms with E-state index in [-0.39, 0.29) is 24.8 Å². The Morgan fingerprint density at radius 3 is 2.48 bits per heavy atom. The maximum absolute atomic E-state index is 12.2. The van der Waals surface area contributed by atoms with Gasteiger partial charge in [0.25, 0.3) is 0 Å². The lowest BCUT2D eigenvalue weighted by atomic mass is 10.2. The number of nitrogens with one attached hydrogen (secondary N) is 1. The fourth-order valence-corrected chi connectivity index (χ4v) is 2.42. The molecule has 0 aromatic heterocycles. The third kappa shape index (κ3) is 4.97. The summed E-state index contributed by atoms with van der Waals surface area (Å²) in [5, 5.41) is 2.80. The second kappa shape index (κ2) is 8.73. The standard InChI is InChI=1S/C19H22N2O4/c1-14(22)21(15-7-6-8-16(13-15)24-2)12-11-19(23)20-17-9-4-5-10-18(17)25-3/h4-10,13H,11-12H2,1-3H3,(H,20,23). The van der Waals surface area contributed by atoms with Crippen LogP contribution in [0.4, 0.5) is 11.4 Å². The Hall–Kier alpha value is -3.02. The van der Waals surface area contributed by atoms with Crippen molar-refractivity contribution in [2.75, 3.05) is 31.0 Å². The lowest BCUT2D eigenvalue weighted by Gasteiger charge is -2.21. The molecule has 2 aromatic carbocycles. The first-order chi connectivity index (χ1) is 12.0. The molecule has 0 atom stereocenters. The van der Waals surface area contributed by atoms with Crippen LogP contribution in [0.5, 0.6) is 11.5 Å². The molecule has 6 heteroatoms. The number of nitrogens with zero attached hydrogens (tertiary/aromatic N) is 1. The van der Waals surface area contributed by atoms with Gasteiger partial charge in [0.15, 0.2) is 0 Å². The van der Waals surface area contributed by atoms with Crippen molar-refractivity contribution >= 4 is 23.2 Å². The number of carbonyl (C=O) groups excluding carboxylic acids is 2. The van der Waals surface area contributed by atoms with Gasteiger partial charge in [-0.15, -0.1) is 0 Å². The van der Waals surface area contributed by atoms with Gasteiger partial charge in [-0.3, -0.25) is 9.59 Å². The molecule has 0 saturated heterocycles. The normalized spacial score (nSPS) is 10.0. The van der Waals surface area contributed by atoms with Gasteiger partial charge in [0.1, 0.15) is 11.5 Å². The molecule has 0 aliphatic rings. The van der Waals surface area contributed by atoms with Crippen molar-refractivity contribution in [2.24, 2.45) is 0 Å². The minimum Gasteiger partial charge on any atom is -0.497 e. The van der Waals surface area contributed by atoms with Gasteiger partial charge in [0, 0.05) is 31.6 Å². The van der Waals surface area contributed by atoms with Gasteiger partial charge in [0.2, 0.25) is 11.8 Å². The van der Waals surface area contributed by atoms with E-state index in [9.17, 15) is 9.59 Å². The summed E-state index contributed by atoms with van der Waals surface area (Å²) < 4.78 is 10.4. The van der Waals surface area contributed by atoms with Crippen molar-refractivity contribution < 1.29 is 19.1 Å². The molecule has 2 rings (SSSR count). The summed E-state index contributed by atoms with van der Waals surface area (Å²) in [4.78, 5) is 25.7. The summed E-state index contributed by atoms with van der Waals surface area (Å²) in [6.07, 6.45) is 0.162. The molecule has 132 valence electrons. The lowest BCUT2D eigenvalue weighted by Crippen LogP contribution is -2.32. The van der Waals surface area contributed by atoms with Crippen LogP contribution in [0.25, 0.3) is 0 Å². The zero-order valence-corrected chi connectivity index (χ0v) is 14.6. The largest absolute Gasteiger partial charge is 0.497 e. The zero-order chi connectivity index (χ0) is 18.2. The van der Waals surface area contributed by atoms with Crippen molar-refractivity contribution in [3.63, 3.8) is 0 Å². The van der Waals surface area contributed by atoms with E-state index in [0.717, 1.165) is 0 Å². The number of anilines is 2. The molecule has 2 aromatic rings. The van der Waals surface area contributed by atoms with E-state index in [4.69, 9.17) is 9.47 Å². The fraction of sp³-hybridized carbons (Fsp3) is 0.263. The van der Waals surface area contributed by atoms with Crippen LogP contribution in [0.1, 0.15) is 13.3 Å². The average molecular weight is 342 g/mol. The zero-order valence-electron chi connectivity index (χ0n) is 14.6. The Bertz CT molecular complexity index is 746. The average Bonchev–Trinajstić information content (AvgIpc) is 2.62. The SMILES string of the molecule is COc1cccc(N(CCC(=O)Nc2ccccc2OC)C(C)=O)c1. The first kappa shape index (κ1) is 18.3. The molecule has 0 fully saturated rings. The lowest BCUT2D eigenvalue weighted by molar-refractivity contribution is -0.117. The Labute approximate surface area is 147 Å². The molecule has 6 nitrogen and oxygen atoms in total. The van der Waals surface area contributed by atoms with Gasteiger partial charge in [0.05, 0.1) is 19.9 Å². The highest BCUT2D eigenvalue weighted by Crippen LogP contribution is 2.24. The molecule has 1 N–H and O–H groups in total. The number of carbonyl (C=O) groups is 2. The van der Waals surface area contributed by atoms with Crippen molar-refractivity contribution in [1.82, 2.24) is 0 Å². The maximum atomic E-state index is 12.2. The number of hydrogen-bond acceptors (Lipinski definition) is 4. The van der Waals surface area contributed by atoms with Crippen LogP contribution in [-0.2, 0) is 9.59 Å². The highest BCUT2D eigenvalue weighted by Gasteiger charge is 2.15. The van der Waals surface area contributed by atoms with E-state index in [1.54, 1.807) is 49.5 Å². The van der Waals surface area contributed by atoms with Gasteiger partial charge in [-0.1, -0.05) is 18.2 Å². The smallest absolute Gasteiger partial charge is 0.226 e. The monoisotopic (exact) mass is 342 g/mol. The summed E-state index contributed by atoms with van der Waals surface area (Å²) in [5.74, 6) is 0.909. The second-order valence-corrected chi connectivity index (χ2v) is 5.37. The Kier molecular flexibility index (Phi) is 6.39. The Balaban J connectivity index is 2.03. The third-order valence-electron chi connectivity index (χ3n) is 3.69. The number of methoxy groups -OCH3 is 2. The molecular weight excluding hydrogens is 320 g/mol. The third-order valence-corrected chi connectivity index (χ3v) is 3.69. The minimum atomic E-state index is -0.196. The van der Waals surface area contributed by atoms with Gasteiger partial charge in [-0.25, -0.2) is 0 Å². The fourth-order valence-electron chi connectivity index (χ4n) is 2.42. The predicted molar refractivity (Wildman–Crippen MR) is 97.3 cm³/mol. The van der Waals surface area contributed by atoms with E-state index in [0.29, 0.717) is 22.9 Å². The van der Waals surface area contributed by atoms with Crippen molar-refractivity contribution in [3.05, 3.63) is 48.5 Å². The molecule has 0 saturated carbocycles. The number of hydrogen-bond donors (Lipinski definition) is 1. The quantitative estimate of drug-likeness (QED) is 0.840. The number of amides is 2. The highest BCUT2D eigenvalue weighted by atomic mass is 16.5. The van der Waals surface area contributed by atoms with E-state index in [1.165, 1.54) is 6.92 Å². The maximum Gasteiger partial charge on any atom is 0.226 e. The first-order valence-electron chi connectivity index (χ1n) is 7.90. The number of ether oxygens (including phenoxy) is 2. The van der Waals surface area contributed by atoms with Crippen molar-refractivity contribution in [1.29, 1.82) is 0 Å². The van der Waals surface area contributed by atoms with Crippen LogP contribution >= 0.6 is 0 Å². The van der Waals surface area contributed by atoms with E-state index in [1.807, 2.05) is 18.2 Å². The molecule has 0 aliphatic carbocycles. The van der Waals surface area contributed by atoms with Gasteiger partial charge < -0.3 is 19.7 Å². The molecule has 0 heterocycles. The molecule has 25 heavy (non-hydrogen) atoms. The summed E-state index contributed by atoms with van der Waals surface area (Å²) in [7, 11) is 3.11. The topological polar surface area (TPSA) is 67.9 Å². The minimum absolute atomic E-state index is 0.140. The molecular formula is C19H22N2O4. The van der Waals surface area contributed by atoms with Crippen molar-refractivity contribution in [3.8, 4) is 11.5 Å². The van der Waals surface area contributed by atoms with Crippen LogP contribution < -0.4 is 19.7 Å². The van der Waals surface area contributed by atoms with Crippen LogP contribution in [0.15, 0.2) is 48.5 Å². The predicted octanol–water partition coefficient (Wildman–Crippen LogP) is 3.09. The molecule has 0 spiro atoms. The summed E-state index contributed by atoms with van der Waals surface area (Å²) >= 11 is 0. The molecule has 0 aliphatic heterocycles. The highest BCUT2D eigenvalue weighted by molar-refractivity contribution is 5.95. The summed E-state index contributed by atoms with van der Waals surface area (Å²) in [6.45, 7) is 1.74. The van der Waals surface area contributed by atoms with E-state index < -0.39 is 0 Å². The van der Waals surface area contributed by atoms with E-state index >= 15 is 0 Å². The van der Waals surface area contributed by atoms with Crippen LogP contribution in [0.3, 0.4) is 0 Å². The van der Waals surface area contributed by atoms with Crippen molar-refractivity contribution in [2.45, 2.75) is 13.3 Å². The number of rotatable bonds is 7.